The highest BCUT2D eigenvalue weighted by Gasteiger charge is 2.29. The summed E-state index contributed by atoms with van der Waals surface area (Å²) in [6.07, 6.45) is 1.77. The lowest BCUT2D eigenvalue weighted by atomic mass is 10.2. The topological polar surface area (TPSA) is 47.4 Å². The van der Waals surface area contributed by atoms with E-state index in [0.29, 0.717) is 30.4 Å². The molecule has 2 heterocycles. The molecule has 0 saturated carbocycles. The van der Waals surface area contributed by atoms with E-state index in [9.17, 15) is 4.79 Å². The normalized spacial score (nSPS) is 24.3. The summed E-state index contributed by atoms with van der Waals surface area (Å²) in [6, 6.07) is 0. The Morgan fingerprint density at radius 1 is 1.50 bits per heavy atom. The highest BCUT2D eigenvalue weighted by molar-refractivity contribution is 6.33. The molecule has 1 aliphatic heterocycles. The van der Waals surface area contributed by atoms with Crippen LogP contribution in [0.25, 0.3) is 0 Å². The molecule has 1 fully saturated rings. The van der Waals surface area contributed by atoms with Crippen LogP contribution in [0.3, 0.4) is 0 Å². The molecule has 1 aromatic heterocycles. The molecule has 18 heavy (non-hydrogen) atoms. The molecule has 0 radical (unpaired) electrons. The fourth-order valence-corrected chi connectivity index (χ4v) is 2.43. The van der Waals surface area contributed by atoms with Crippen molar-refractivity contribution in [2.24, 2.45) is 0 Å². The molecule has 0 N–H and O–H groups in total. The molecule has 2 rings (SSSR count). The first-order valence-corrected chi connectivity index (χ1v) is 6.56. The first-order chi connectivity index (χ1) is 8.51. The Morgan fingerprint density at radius 2 is 2.11 bits per heavy atom. The van der Waals surface area contributed by atoms with Gasteiger partial charge in [0.05, 0.1) is 17.2 Å². The molecule has 100 valence electrons. The molecular formula is C12H18ClN3O2. The van der Waals surface area contributed by atoms with Crippen LogP contribution < -0.4 is 0 Å². The lowest BCUT2D eigenvalue weighted by Crippen LogP contribution is -2.48. The number of hydrogen-bond acceptors (Lipinski definition) is 3. The summed E-state index contributed by atoms with van der Waals surface area (Å²) in [4.78, 5) is 14.1. The van der Waals surface area contributed by atoms with Crippen molar-refractivity contribution in [3.05, 3.63) is 16.9 Å². The Hall–Kier alpha value is -1.07. The van der Waals surface area contributed by atoms with Crippen LogP contribution in [0.4, 0.5) is 0 Å². The molecule has 2 atom stereocenters. The van der Waals surface area contributed by atoms with Gasteiger partial charge in [-0.05, 0) is 20.8 Å². The number of hydrogen-bond donors (Lipinski definition) is 0. The molecule has 1 amide bonds. The number of morpholine rings is 1. The van der Waals surface area contributed by atoms with Crippen molar-refractivity contribution < 1.29 is 9.53 Å². The summed E-state index contributed by atoms with van der Waals surface area (Å²) in [5.41, 5.74) is 0.333. The quantitative estimate of drug-likeness (QED) is 0.824. The van der Waals surface area contributed by atoms with Gasteiger partial charge in [0.25, 0.3) is 5.91 Å². The summed E-state index contributed by atoms with van der Waals surface area (Å²) in [6.45, 7) is 7.74. The number of aromatic nitrogens is 2. The van der Waals surface area contributed by atoms with E-state index in [4.69, 9.17) is 16.3 Å². The van der Waals surface area contributed by atoms with Gasteiger partial charge >= 0.3 is 0 Å². The van der Waals surface area contributed by atoms with E-state index >= 15 is 0 Å². The van der Waals surface area contributed by atoms with Gasteiger partial charge in [0, 0.05) is 25.8 Å². The monoisotopic (exact) mass is 271 g/mol. The molecule has 0 aliphatic carbocycles. The van der Waals surface area contributed by atoms with Gasteiger partial charge in [0.1, 0.15) is 0 Å². The predicted molar refractivity (Wildman–Crippen MR) is 68.8 cm³/mol. The molecule has 0 unspecified atom stereocenters. The molecule has 0 aromatic carbocycles. The average molecular weight is 272 g/mol. The first-order valence-electron chi connectivity index (χ1n) is 6.19. The third-order valence-electron chi connectivity index (χ3n) is 2.95. The maximum absolute atomic E-state index is 12.4. The van der Waals surface area contributed by atoms with Crippen LogP contribution in [0, 0.1) is 0 Å². The van der Waals surface area contributed by atoms with Crippen molar-refractivity contribution in [3.8, 4) is 0 Å². The standard InChI is InChI=1S/C12H18ClN3O2/c1-4-16-7-10(13)11(14-16)12(17)15-5-8(2)18-9(3)6-15/h7-9H,4-6H2,1-3H3/t8-,9-/m1/s1. The summed E-state index contributed by atoms with van der Waals surface area (Å²) >= 11 is 6.05. The van der Waals surface area contributed by atoms with Gasteiger partial charge in [0.2, 0.25) is 0 Å². The molecule has 6 heteroatoms. The number of nitrogens with zero attached hydrogens (tertiary/aromatic N) is 3. The van der Waals surface area contributed by atoms with Gasteiger partial charge in [-0.15, -0.1) is 0 Å². The van der Waals surface area contributed by atoms with Crippen LogP contribution in [0.5, 0.6) is 0 Å². The molecular weight excluding hydrogens is 254 g/mol. The highest BCUT2D eigenvalue weighted by Crippen LogP contribution is 2.19. The van der Waals surface area contributed by atoms with Crippen molar-refractivity contribution in [2.75, 3.05) is 13.1 Å². The zero-order valence-electron chi connectivity index (χ0n) is 10.9. The van der Waals surface area contributed by atoms with E-state index in [1.807, 2.05) is 20.8 Å². The molecule has 0 spiro atoms. The van der Waals surface area contributed by atoms with E-state index < -0.39 is 0 Å². The van der Waals surface area contributed by atoms with Gasteiger partial charge in [0.15, 0.2) is 5.69 Å². The average Bonchev–Trinajstić information content (AvgIpc) is 2.68. The van der Waals surface area contributed by atoms with Crippen molar-refractivity contribution in [1.29, 1.82) is 0 Å². The van der Waals surface area contributed by atoms with Gasteiger partial charge < -0.3 is 9.64 Å². The summed E-state index contributed by atoms with van der Waals surface area (Å²) in [5, 5.41) is 4.62. The Bertz CT molecular complexity index is 437. The molecule has 5 nitrogen and oxygen atoms in total. The second-order valence-electron chi connectivity index (χ2n) is 4.65. The number of ether oxygens (including phenoxy) is 1. The molecule has 1 aliphatic rings. The Morgan fingerprint density at radius 3 is 2.61 bits per heavy atom. The molecule has 1 saturated heterocycles. The third kappa shape index (κ3) is 2.67. The Labute approximate surface area is 112 Å². The van der Waals surface area contributed by atoms with Crippen molar-refractivity contribution in [1.82, 2.24) is 14.7 Å². The number of carbonyl (C=O) groups excluding carboxylic acids is 1. The van der Waals surface area contributed by atoms with E-state index in [1.54, 1.807) is 15.8 Å². The summed E-state index contributed by atoms with van der Waals surface area (Å²) in [7, 11) is 0. The Kier molecular flexibility index (Phi) is 3.92. The first kappa shape index (κ1) is 13.4. The van der Waals surface area contributed by atoms with E-state index in [1.165, 1.54) is 0 Å². The van der Waals surface area contributed by atoms with Crippen molar-refractivity contribution in [2.45, 2.75) is 39.5 Å². The van der Waals surface area contributed by atoms with Crippen LogP contribution in [0.1, 0.15) is 31.3 Å². The van der Waals surface area contributed by atoms with E-state index in [-0.39, 0.29) is 18.1 Å². The smallest absolute Gasteiger partial charge is 0.276 e. The second-order valence-corrected chi connectivity index (χ2v) is 5.06. The van der Waals surface area contributed by atoms with Gasteiger partial charge in [-0.25, -0.2) is 0 Å². The second kappa shape index (κ2) is 5.28. The van der Waals surface area contributed by atoms with Gasteiger partial charge in [-0.2, -0.15) is 5.10 Å². The van der Waals surface area contributed by atoms with Crippen molar-refractivity contribution >= 4 is 17.5 Å². The van der Waals surface area contributed by atoms with Crippen LogP contribution in [0.2, 0.25) is 5.02 Å². The number of rotatable bonds is 2. The lowest BCUT2D eigenvalue weighted by Gasteiger charge is -2.34. The maximum atomic E-state index is 12.4. The minimum Gasteiger partial charge on any atom is -0.372 e. The minimum atomic E-state index is -0.116. The SMILES string of the molecule is CCn1cc(Cl)c(C(=O)N2C[C@@H](C)O[C@H](C)C2)n1. The third-order valence-corrected chi connectivity index (χ3v) is 3.23. The summed E-state index contributed by atoms with van der Waals surface area (Å²) in [5.74, 6) is -0.116. The van der Waals surface area contributed by atoms with Crippen LogP contribution in [0.15, 0.2) is 6.20 Å². The van der Waals surface area contributed by atoms with E-state index in [2.05, 4.69) is 5.10 Å². The van der Waals surface area contributed by atoms with Crippen LogP contribution in [-0.4, -0.2) is 45.9 Å². The summed E-state index contributed by atoms with van der Waals surface area (Å²) < 4.78 is 7.28. The number of halogens is 1. The predicted octanol–water partition coefficient (Wildman–Crippen LogP) is 1.81. The molecule has 0 bridgehead atoms. The van der Waals surface area contributed by atoms with Crippen LogP contribution in [-0.2, 0) is 11.3 Å². The lowest BCUT2D eigenvalue weighted by molar-refractivity contribution is -0.0587. The largest absolute Gasteiger partial charge is 0.372 e. The fraction of sp³-hybridized carbons (Fsp3) is 0.667. The van der Waals surface area contributed by atoms with Crippen LogP contribution >= 0.6 is 11.6 Å². The zero-order valence-corrected chi connectivity index (χ0v) is 11.6. The molecule has 1 aromatic rings. The minimum absolute atomic E-state index is 0.0461. The zero-order chi connectivity index (χ0) is 13.3. The van der Waals surface area contributed by atoms with Gasteiger partial charge in [-0.1, -0.05) is 11.6 Å². The number of amides is 1. The van der Waals surface area contributed by atoms with E-state index in [0.717, 1.165) is 0 Å². The van der Waals surface area contributed by atoms with Gasteiger partial charge in [-0.3, -0.25) is 9.48 Å². The van der Waals surface area contributed by atoms with Crippen molar-refractivity contribution in [3.63, 3.8) is 0 Å². The number of carbonyl (C=O) groups is 1. The maximum Gasteiger partial charge on any atom is 0.276 e. The number of aryl methyl sites for hydroxylation is 1. The highest BCUT2D eigenvalue weighted by atomic mass is 35.5. The Balaban J connectivity index is 2.17. The fourth-order valence-electron chi connectivity index (χ4n) is 2.20.